The van der Waals surface area contributed by atoms with Crippen LogP contribution in [0.4, 0.5) is 0 Å². The minimum atomic E-state index is 0.976. The van der Waals surface area contributed by atoms with Crippen molar-refractivity contribution < 1.29 is 0 Å². The minimum absolute atomic E-state index is 0.976. The fraction of sp³-hybridized carbons (Fsp3) is 1.00. The lowest BCUT2D eigenvalue weighted by molar-refractivity contribution is 0.171. The zero-order valence-corrected chi connectivity index (χ0v) is 10.4. The number of hydrogen-bond donors (Lipinski definition) is 0. The predicted octanol–water partition coefficient (Wildman–Crippen LogP) is 3.83. The van der Waals surface area contributed by atoms with Crippen LogP contribution in [0.5, 0.6) is 0 Å². The smallest absolute Gasteiger partial charge is 0.0123 e. The van der Waals surface area contributed by atoms with Crippen LogP contribution in [0.1, 0.15) is 64.7 Å². The molecule has 15 heavy (non-hydrogen) atoms. The molecule has 1 saturated heterocycles. The Bertz CT molecular complexity index is 178. The molecule has 0 aromatic carbocycles. The Kier molecular flexibility index (Phi) is 4.49. The summed E-state index contributed by atoms with van der Waals surface area (Å²) in [4.78, 5) is 2.83. The van der Waals surface area contributed by atoms with Gasteiger partial charge in [-0.15, -0.1) is 0 Å². The summed E-state index contributed by atoms with van der Waals surface area (Å²) in [7, 11) is 0. The van der Waals surface area contributed by atoms with E-state index in [0.717, 1.165) is 12.0 Å². The fourth-order valence-corrected chi connectivity index (χ4v) is 3.56. The van der Waals surface area contributed by atoms with Gasteiger partial charge >= 0.3 is 0 Å². The molecule has 88 valence electrons. The van der Waals surface area contributed by atoms with Gasteiger partial charge in [0.2, 0.25) is 0 Å². The van der Waals surface area contributed by atoms with E-state index in [1.165, 1.54) is 70.9 Å². The van der Waals surface area contributed by atoms with Crippen LogP contribution in [0.25, 0.3) is 0 Å². The van der Waals surface area contributed by atoms with Gasteiger partial charge in [0.1, 0.15) is 0 Å². The van der Waals surface area contributed by atoms with Gasteiger partial charge in [-0.05, 0) is 51.1 Å². The highest BCUT2D eigenvalue weighted by atomic mass is 15.2. The Balaban J connectivity index is 1.84. The van der Waals surface area contributed by atoms with Gasteiger partial charge in [0, 0.05) is 6.04 Å². The van der Waals surface area contributed by atoms with Crippen molar-refractivity contribution >= 4 is 0 Å². The lowest BCUT2D eigenvalue weighted by Crippen LogP contribution is -2.37. The third-order valence-electron chi connectivity index (χ3n) is 4.41. The molecule has 1 heterocycles. The van der Waals surface area contributed by atoms with Gasteiger partial charge in [0.25, 0.3) is 0 Å². The van der Waals surface area contributed by atoms with Crippen LogP contribution in [-0.4, -0.2) is 24.0 Å². The summed E-state index contributed by atoms with van der Waals surface area (Å²) in [6, 6.07) is 0.976. The zero-order chi connectivity index (χ0) is 10.5. The maximum atomic E-state index is 2.83. The van der Waals surface area contributed by atoms with Crippen LogP contribution >= 0.6 is 0 Å². The third kappa shape index (κ3) is 2.96. The number of nitrogens with zero attached hydrogens (tertiary/aromatic N) is 1. The van der Waals surface area contributed by atoms with E-state index in [1.54, 1.807) is 0 Å². The van der Waals surface area contributed by atoms with Crippen molar-refractivity contribution in [2.45, 2.75) is 70.8 Å². The standard InChI is InChI=1S/C14H27N/c1-2-3-5-11-15-12-6-4-8-13-9-7-10-14(13)15/h13-14H,2-12H2,1H3. The van der Waals surface area contributed by atoms with E-state index < -0.39 is 0 Å². The van der Waals surface area contributed by atoms with Crippen LogP contribution < -0.4 is 0 Å². The molecule has 0 N–H and O–H groups in total. The van der Waals surface area contributed by atoms with Crippen LogP contribution in [0.2, 0.25) is 0 Å². The summed E-state index contributed by atoms with van der Waals surface area (Å²) in [6.45, 7) is 5.08. The molecule has 0 radical (unpaired) electrons. The van der Waals surface area contributed by atoms with Gasteiger partial charge in [-0.2, -0.15) is 0 Å². The molecule has 2 aliphatic rings. The summed E-state index contributed by atoms with van der Waals surface area (Å²) in [5.41, 5.74) is 0. The zero-order valence-electron chi connectivity index (χ0n) is 10.4. The Hall–Kier alpha value is -0.0400. The van der Waals surface area contributed by atoms with E-state index in [2.05, 4.69) is 11.8 Å². The first-order chi connectivity index (χ1) is 7.42. The molecule has 1 heteroatoms. The molecule has 2 rings (SSSR count). The highest BCUT2D eigenvalue weighted by molar-refractivity contribution is 4.87. The van der Waals surface area contributed by atoms with E-state index in [0.29, 0.717) is 0 Å². The average molecular weight is 209 g/mol. The van der Waals surface area contributed by atoms with Gasteiger partial charge in [0.05, 0.1) is 0 Å². The molecule has 1 nitrogen and oxygen atoms in total. The summed E-state index contributed by atoms with van der Waals surface area (Å²) in [5, 5.41) is 0. The number of likely N-dealkylation sites (tertiary alicyclic amines) is 1. The highest BCUT2D eigenvalue weighted by Gasteiger charge is 2.32. The molecule has 1 saturated carbocycles. The van der Waals surface area contributed by atoms with Crippen molar-refractivity contribution in [2.24, 2.45) is 5.92 Å². The van der Waals surface area contributed by atoms with Crippen LogP contribution in [-0.2, 0) is 0 Å². The van der Waals surface area contributed by atoms with Crippen molar-refractivity contribution in [1.82, 2.24) is 4.90 Å². The van der Waals surface area contributed by atoms with Gasteiger partial charge in [0.15, 0.2) is 0 Å². The number of unbranched alkanes of at least 4 members (excludes halogenated alkanes) is 2. The predicted molar refractivity (Wildman–Crippen MR) is 66.1 cm³/mol. The molecular weight excluding hydrogens is 182 g/mol. The van der Waals surface area contributed by atoms with E-state index in [9.17, 15) is 0 Å². The average Bonchev–Trinajstić information content (AvgIpc) is 2.63. The molecule has 2 fully saturated rings. The molecule has 1 aliphatic heterocycles. The summed E-state index contributed by atoms with van der Waals surface area (Å²) < 4.78 is 0. The molecular formula is C14H27N. The first kappa shape index (κ1) is 11.4. The Morgan fingerprint density at radius 2 is 1.87 bits per heavy atom. The lowest BCUT2D eigenvalue weighted by atomic mass is 9.98. The lowest BCUT2D eigenvalue weighted by Gasteiger charge is -2.30. The first-order valence-electron chi connectivity index (χ1n) is 7.16. The van der Waals surface area contributed by atoms with E-state index in [1.807, 2.05) is 0 Å². The monoisotopic (exact) mass is 209 g/mol. The third-order valence-corrected chi connectivity index (χ3v) is 4.41. The minimum Gasteiger partial charge on any atom is -0.300 e. The topological polar surface area (TPSA) is 3.24 Å². The second-order valence-corrected chi connectivity index (χ2v) is 5.50. The molecule has 0 aromatic rings. The van der Waals surface area contributed by atoms with Crippen LogP contribution in [0, 0.1) is 5.92 Å². The Morgan fingerprint density at radius 1 is 1.00 bits per heavy atom. The van der Waals surface area contributed by atoms with E-state index in [4.69, 9.17) is 0 Å². The Morgan fingerprint density at radius 3 is 2.73 bits per heavy atom. The van der Waals surface area contributed by atoms with Crippen molar-refractivity contribution in [3.63, 3.8) is 0 Å². The maximum absolute atomic E-state index is 2.83. The van der Waals surface area contributed by atoms with E-state index >= 15 is 0 Å². The maximum Gasteiger partial charge on any atom is 0.0123 e. The van der Waals surface area contributed by atoms with Crippen molar-refractivity contribution in [3.8, 4) is 0 Å². The Labute approximate surface area is 95.2 Å². The summed E-state index contributed by atoms with van der Waals surface area (Å²) in [5.74, 6) is 1.06. The first-order valence-corrected chi connectivity index (χ1v) is 7.16. The van der Waals surface area contributed by atoms with Crippen LogP contribution in [0.3, 0.4) is 0 Å². The number of rotatable bonds is 4. The van der Waals surface area contributed by atoms with Gasteiger partial charge in [-0.3, -0.25) is 0 Å². The summed E-state index contributed by atoms with van der Waals surface area (Å²) in [6.07, 6.45) is 13.2. The molecule has 0 aromatic heterocycles. The normalized spacial score (nSPS) is 32.6. The number of hydrogen-bond acceptors (Lipinski definition) is 1. The fourth-order valence-electron chi connectivity index (χ4n) is 3.56. The van der Waals surface area contributed by atoms with Gasteiger partial charge < -0.3 is 4.90 Å². The second kappa shape index (κ2) is 5.89. The molecule has 2 unspecified atom stereocenters. The van der Waals surface area contributed by atoms with Gasteiger partial charge in [-0.1, -0.05) is 32.6 Å². The molecule has 2 atom stereocenters. The largest absolute Gasteiger partial charge is 0.300 e. The molecule has 0 spiro atoms. The van der Waals surface area contributed by atoms with Crippen molar-refractivity contribution in [1.29, 1.82) is 0 Å². The quantitative estimate of drug-likeness (QED) is 0.636. The number of fused-ring (bicyclic) bond motifs is 1. The van der Waals surface area contributed by atoms with Crippen LogP contribution in [0.15, 0.2) is 0 Å². The molecule has 0 amide bonds. The van der Waals surface area contributed by atoms with Crippen molar-refractivity contribution in [2.75, 3.05) is 13.1 Å². The SMILES string of the molecule is CCCCCN1CCCCC2CCCC21. The highest BCUT2D eigenvalue weighted by Crippen LogP contribution is 2.35. The van der Waals surface area contributed by atoms with E-state index in [-0.39, 0.29) is 0 Å². The molecule has 1 aliphatic carbocycles. The molecule has 0 bridgehead atoms. The summed E-state index contributed by atoms with van der Waals surface area (Å²) >= 11 is 0. The second-order valence-electron chi connectivity index (χ2n) is 5.50. The van der Waals surface area contributed by atoms with Gasteiger partial charge in [-0.25, -0.2) is 0 Å². The van der Waals surface area contributed by atoms with Crippen molar-refractivity contribution in [3.05, 3.63) is 0 Å².